The van der Waals surface area contributed by atoms with Crippen molar-refractivity contribution >= 4 is 11.6 Å². The van der Waals surface area contributed by atoms with E-state index in [9.17, 15) is 9.18 Å². The van der Waals surface area contributed by atoms with Crippen LogP contribution < -0.4 is 10.2 Å². The number of nitrogens with one attached hydrogen (secondary N) is 2. The maximum Gasteiger partial charge on any atom is 0.271 e. The molecule has 1 fully saturated rings. The van der Waals surface area contributed by atoms with Crippen molar-refractivity contribution in [1.82, 2.24) is 15.5 Å². The predicted octanol–water partition coefficient (Wildman–Crippen LogP) is 3.07. The summed E-state index contributed by atoms with van der Waals surface area (Å²) in [7, 11) is 0. The van der Waals surface area contributed by atoms with Crippen LogP contribution in [0.15, 0.2) is 30.3 Å². The van der Waals surface area contributed by atoms with E-state index in [1.54, 1.807) is 12.1 Å². The van der Waals surface area contributed by atoms with Gasteiger partial charge in [0.15, 0.2) is 0 Å². The molecule has 1 aliphatic heterocycles. The molecule has 2 aromatic rings. The first-order valence-corrected chi connectivity index (χ1v) is 8.39. The van der Waals surface area contributed by atoms with Gasteiger partial charge in [-0.05, 0) is 43.0 Å². The zero-order valence-corrected chi connectivity index (χ0v) is 14.1. The minimum atomic E-state index is -0.220. The minimum absolute atomic E-state index is 0.126. The standard InChI is InChI=1S/C18H23FN4O/c1-12(2)16-11-17(22-21-16)18(24)20-14-6-8-23(9-7-14)15-5-3-4-13(19)10-15/h3-5,10-12,14H,6-9H2,1-2H3,(H,20,24)(H,21,22). The van der Waals surface area contributed by atoms with Gasteiger partial charge in [0, 0.05) is 30.5 Å². The second-order valence-corrected chi connectivity index (χ2v) is 6.58. The van der Waals surface area contributed by atoms with E-state index in [0.717, 1.165) is 37.3 Å². The quantitative estimate of drug-likeness (QED) is 0.906. The highest BCUT2D eigenvalue weighted by Crippen LogP contribution is 2.21. The summed E-state index contributed by atoms with van der Waals surface area (Å²) >= 11 is 0. The van der Waals surface area contributed by atoms with Crippen molar-refractivity contribution < 1.29 is 9.18 Å². The Kier molecular flexibility index (Phi) is 4.83. The van der Waals surface area contributed by atoms with E-state index in [1.807, 2.05) is 12.1 Å². The fourth-order valence-electron chi connectivity index (χ4n) is 2.96. The number of halogens is 1. The third-order valence-electron chi connectivity index (χ3n) is 4.46. The molecule has 1 amide bonds. The molecule has 1 aromatic carbocycles. The summed E-state index contributed by atoms with van der Waals surface area (Å²) in [5.41, 5.74) is 2.29. The number of nitrogens with zero attached hydrogens (tertiary/aromatic N) is 2. The maximum absolute atomic E-state index is 13.3. The highest BCUT2D eigenvalue weighted by molar-refractivity contribution is 5.92. The van der Waals surface area contributed by atoms with Gasteiger partial charge in [0.1, 0.15) is 11.5 Å². The second kappa shape index (κ2) is 7.03. The molecule has 0 atom stereocenters. The molecule has 0 bridgehead atoms. The molecule has 0 aliphatic carbocycles. The van der Waals surface area contributed by atoms with Crippen LogP contribution in [0.1, 0.15) is 48.8 Å². The molecule has 2 N–H and O–H groups in total. The van der Waals surface area contributed by atoms with Gasteiger partial charge in [-0.1, -0.05) is 19.9 Å². The number of hydrogen-bond acceptors (Lipinski definition) is 3. The Balaban J connectivity index is 1.54. The number of carbonyl (C=O) groups is 1. The normalized spacial score (nSPS) is 15.8. The Bertz CT molecular complexity index is 705. The Morgan fingerprint density at radius 2 is 2.08 bits per heavy atom. The summed E-state index contributed by atoms with van der Waals surface area (Å²) < 4.78 is 13.3. The Morgan fingerprint density at radius 1 is 1.33 bits per heavy atom. The molecule has 6 heteroatoms. The van der Waals surface area contributed by atoms with E-state index in [2.05, 4.69) is 34.3 Å². The van der Waals surface area contributed by atoms with Gasteiger partial charge in [0.05, 0.1) is 0 Å². The van der Waals surface area contributed by atoms with Gasteiger partial charge in [0.25, 0.3) is 5.91 Å². The summed E-state index contributed by atoms with van der Waals surface area (Å²) in [4.78, 5) is 14.4. The topological polar surface area (TPSA) is 61.0 Å². The van der Waals surface area contributed by atoms with E-state index >= 15 is 0 Å². The Hall–Kier alpha value is -2.37. The van der Waals surface area contributed by atoms with Gasteiger partial charge in [0.2, 0.25) is 0 Å². The van der Waals surface area contributed by atoms with Crippen LogP contribution in [0.2, 0.25) is 0 Å². The number of benzene rings is 1. The average Bonchev–Trinajstić information content (AvgIpc) is 3.06. The lowest BCUT2D eigenvalue weighted by molar-refractivity contribution is 0.0926. The third-order valence-corrected chi connectivity index (χ3v) is 4.46. The zero-order chi connectivity index (χ0) is 17.1. The lowest BCUT2D eigenvalue weighted by Gasteiger charge is -2.33. The Morgan fingerprint density at radius 3 is 2.71 bits per heavy atom. The van der Waals surface area contributed by atoms with Crippen LogP contribution in [0.25, 0.3) is 0 Å². The first-order chi connectivity index (χ1) is 11.5. The van der Waals surface area contributed by atoms with Crippen molar-refractivity contribution in [3.8, 4) is 0 Å². The van der Waals surface area contributed by atoms with Crippen LogP contribution >= 0.6 is 0 Å². The van der Waals surface area contributed by atoms with Gasteiger partial charge in [-0.3, -0.25) is 9.89 Å². The Labute approximate surface area is 141 Å². The molecule has 0 saturated carbocycles. The maximum atomic E-state index is 13.3. The fourth-order valence-corrected chi connectivity index (χ4v) is 2.96. The van der Waals surface area contributed by atoms with Gasteiger partial charge in [-0.2, -0.15) is 5.10 Å². The van der Waals surface area contributed by atoms with Crippen molar-refractivity contribution in [3.05, 3.63) is 47.5 Å². The van der Waals surface area contributed by atoms with Crippen LogP contribution in [0.5, 0.6) is 0 Å². The molecule has 2 heterocycles. The van der Waals surface area contributed by atoms with E-state index < -0.39 is 0 Å². The van der Waals surface area contributed by atoms with Crippen LogP contribution in [-0.4, -0.2) is 35.2 Å². The van der Waals surface area contributed by atoms with Crippen LogP contribution in [0, 0.1) is 5.82 Å². The van der Waals surface area contributed by atoms with E-state index in [0.29, 0.717) is 11.6 Å². The molecular formula is C18H23FN4O. The van der Waals surface area contributed by atoms with Crippen LogP contribution in [0.3, 0.4) is 0 Å². The SMILES string of the molecule is CC(C)c1cc(C(=O)NC2CCN(c3cccc(F)c3)CC2)n[nH]1. The minimum Gasteiger partial charge on any atom is -0.371 e. The molecular weight excluding hydrogens is 307 g/mol. The van der Waals surface area contributed by atoms with Crippen molar-refractivity contribution in [1.29, 1.82) is 0 Å². The molecule has 5 nitrogen and oxygen atoms in total. The number of H-pyrrole nitrogens is 1. The molecule has 1 aromatic heterocycles. The summed E-state index contributed by atoms with van der Waals surface area (Å²) in [5, 5.41) is 10.0. The highest BCUT2D eigenvalue weighted by Gasteiger charge is 2.22. The van der Waals surface area contributed by atoms with Crippen molar-refractivity contribution in [2.75, 3.05) is 18.0 Å². The number of rotatable bonds is 4. The van der Waals surface area contributed by atoms with E-state index in [-0.39, 0.29) is 17.8 Å². The van der Waals surface area contributed by atoms with Gasteiger partial charge in [-0.25, -0.2) is 4.39 Å². The van der Waals surface area contributed by atoms with Gasteiger partial charge >= 0.3 is 0 Å². The smallest absolute Gasteiger partial charge is 0.271 e. The van der Waals surface area contributed by atoms with Crippen LogP contribution in [-0.2, 0) is 0 Å². The first kappa shape index (κ1) is 16.5. The monoisotopic (exact) mass is 330 g/mol. The van der Waals surface area contributed by atoms with Crippen molar-refractivity contribution in [2.24, 2.45) is 0 Å². The first-order valence-electron chi connectivity index (χ1n) is 8.39. The van der Waals surface area contributed by atoms with Crippen LogP contribution in [0.4, 0.5) is 10.1 Å². The van der Waals surface area contributed by atoms with E-state index in [1.165, 1.54) is 6.07 Å². The predicted molar refractivity (Wildman–Crippen MR) is 91.8 cm³/mol. The lowest BCUT2D eigenvalue weighted by Crippen LogP contribution is -2.44. The molecule has 128 valence electrons. The third kappa shape index (κ3) is 3.75. The molecule has 0 unspecified atom stereocenters. The van der Waals surface area contributed by atoms with Gasteiger partial charge in [-0.15, -0.1) is 0 Å². The number of aromatic amines is 1. The summed E-state index contributed by atoms with van der Waals surface area (Å²) in [5.74, 6) is -0.0432. The van der Waals surface area contributed by atoms with E-state index in [4.69, 9.17) is 0 Å². The summed E-state index contributed by atoms with van der Waals surface area (Å²) in [6.07, 6.45) is 1.67. The number of piperidine rings is 1. The molecule has 0 spiro atoms. The summed E-state index contributed by atoms with van der Waals surface area (Å²) in [6.45, 7) is 5.70. The fraction of sp³-hybridized carbons (Fsp3) is 0.444. The number of carbonyl (C=O) groups excluding carboxylic acids is 1. The number of anilines is 1. The number of amides is 1. The molecule has 1 saturated heterocycles. The summed E-state index contributed by atoms with van der Waals surface area (Å²) in [6, 6.07) is 8.58. The molecule has 0 radical (unpaired) electrons. The number of aromatic nitrogens is 2. The number of hydrogen-bond donors (Lipinski definition) is 2. The molecule has 24 heavy (non-hydrogen) atoms. The van der Waals surface area contributed by atoms with Crippen molar-refractivity contribution in [3.63, 3.8) is 0 Å². The van der Waals surface area contributed by atoms with Crippen molar-refractivity contribution in [2.45, 2.75) is 38.6 Å². The molecule has 1 aliphatic rings. The highest BCUT2D eigenvalue weighted by atomic mass is 19.1. The molecule has 3 rings (SSSR count). The largest absolute Gasteiger partial charge is 0.371 e. The average molecular weight is 330 g/mol. The second-order valence-electron chi connectivity index (χ2n) is 6.58. The zero-order valence-electron chi connectivity index (χ0n) is 14.1. The van der Waals surface area contributed by atoms with Gasteiger partial charge < -0.3 is 10.2 Å². The lowest BCUT2D eigenvalue weighted by atomic mass is 10.0.